The van der Waals surface area contributed by atoms with Crippen LogP contribution in [0.2, 0.25) is 0 Å². The summed E-state index contributed by atoms with van der Waals surface area (Å²) < 4.78 is 6.80. The van der Waals surface area contributed by atoms with Crippen molar-refractivity contribution in [2.24, 2.45) is 5.92 Å². The zero-order chi connectivity index (χ0) is 22.8. The Hall–Kier alpha value is -2.99. The number of fused-ring (bicyclic) bond motifs is 1. The Bertz CT molecular complexity index is 1090. The predicted molar refractivity (Wildman–Crippen MR) is 120 cm³/mol. The van der Waals surface area contributed by atoms with Crippen LogP contribution in [0, 0.1) is 17.2 Å². The summed E-state index contributed by atoms with van der Waals surface area (Å²) in [6.45, 7) is 2.60. The normalized spacial score (nSPS) is 20.2. The first-order valence-electron chi connectivity index (χ1n) is 10.9. The predicted octanol–water partition coefficient (Wildman–Crippen LogP) is 2.97. The molecule has 2 unspecified atom stereocenters. The Balaban J connectivity index is 1.53. The molecule has 2 atom stereocenters. The van der Waals surface area contributed by atoms with Gasteiger partial charge in [0.05, 0.1) is 28.9 Å². The molecule has 1 saturated heterocycles. The number of nitriles is 1. The summed E-state index contributed by atoms with van der Waals surface area (Å²) in [6, 6.07) is 4.96. The SMILES string of the molecule is CCCOc1cc(C(=O)N(C)CC(=O)N2CC(C=O)CC2C#N)cc2sc(C3CC3)nc12. The number of hydrogen-bond donors (Lipinski definition) is 0. The molecule has 1 saturated carbocycles. The number of aromatic nitrogens is 1. The smallest absolute Gasteiger partial charge is 0.254 e. The van der Waals surface area contributed by atoms with Crippen molar-refractivity contribution >= 4 is 39.7 Å². The lowest BCUT2D eigenvalue weighted by Gasteiger charge is -2.24. The lowest BCUT2D eigenvalue weighted by atomic mass is 10.1. The van der Waals surface area contributed by atoms with Gasteiger partial charge in [0.1, 0.15) is 23.6 Å². The quantitative estimate of drug-likeness (QED) is 0.568. The van der Waals surface area contributed by atoms with E-state index in [-0.39, 0.29) is 30.8 Å². The molecule has 2 aliphatic rings. The molecule has 2 fully saturated rings. The van der Waals surface area contributed by atoms with Crippen LogP contribution in [0.5, 0.6) is 5.75 Å². The van der Waals surface area contributed by atoms with Crippen LogP contribution in [0.4, 0.5) is 0 Å². The molecular formula is C23H26N4O4S. The van der Waals surface area contributed by atoms with Crippen LogP contribution in [0.1, 0.15) is 53.9 Å². The maximum absolute atomic E-state index is 13.2. The number of amides is 2. The number of thiazole rings is 1. The molecule has 2 amide bonds. The molecule has 0 radical (unpaired) electrons. The van der Waals surface area contributed by atoms with E-state index in [0.717, 1.165) is 40.8 Å². The second-order valence-electron chi connectivity index (χ2n) is 8.48. The standard InChI is InChI=1S/C23H26N4O4S/c1-3-6-31-18-8-16(9-19-21(18)25-22(32-19)15-4-5-15)23(30)26(2)12-20(29)27-11-14(13-28)7-17(27)10-24/h8-9,13-15,17H,3-7,11-12H2,1-2H3. The number of likely N-dealkylation sites (tertiary alicyclic amines) is 1. The van der Waals surface area contributed by atoms with Crippen molar-refractivity contribution in [1.29, 1.82) is 5.26 Å². The highest BCUT2D eigenvalue weighted by Crippen LogP contribution is 2.44. The minimum Gasteiger partial charge on any atom is -0.491 e. The summed E-state index contributed by atoms with van der Waals surface area (Å²) in [5, 5.41) is 10.4. The van der Waals surface area contributed by atoms with E-state index >= 15 is 0 Å². The summed E-state index contributed by atoms with van der Waals surface area (Å²) in [4.78, 5) is 44.5. The van der Waals surface area contributed by atoms with Gasteiger partial charge in [0, 0.05) is 31.0 Å². The van der Waals surface area contributed by atoms with Crippen molar-refractivity contribution in [3.8, 4) is 11.8 Å². The fraction of sp³-hybridized carbons (Fsp3) is 0.522. The van der Waals surface area contributed by atoms with Crippen LogP contribution in [-0.2, 0) is 9.59 Å². The first-order valence-corrected chi connectivity index (χ1v) is 11.7. The first kappa shape index (κ1) is 22.2. The van der Waals surface area contributed by atoms with E-state index in [4.69, 9.17) is 9.72 Å². The van der Waals surface area contributed by atoms with Gasteiger partial charge in [-0.2, -0.15) is 5.26 Å². The van der Waals surface area contributed by atoms with Crippen LogP contribution in [-0.4, -0.2) is 65.7 Å². The number of carbonyl (C=O) groups is 3. The number of ether oxygens (including phenoxy) is 1. The Morgan fingerprint density at radius 2 is 2.19 bits per heavy atom. The molecule has 0 N–H and O–H groups in total. The van der Waals surface area contributed by atoms with Crippen LogP contribution in [0.25, 0.3) is 10.2 Å². The molecule has 2 aromatic rings. The first-order chi connectivity index (χ1) is 15.4. The molecular weight excluding hydrogens is 428 g/mol. The molecule has 1 aliphatic heterocycles. The van der Waals surface area contributed by atoms with Crippen molar-refractivity contribution in [2.45, 2.75) is 44.6 Å². The average Bonchev–Trinajstić information content (AvgIpc) is 3.41. The van der Waals surface area contributed by atoms with Crippen LogP contribution in [0.15, 0.2) is 12.1 Å². The highest BCUT2D eigenvalue weighted by Gasteiger charge is 2.36. The van der Waals surface area contributed by atoms with Crippen molar-refractivity contribution in [1.82, 2.24) is 14.8 Å². The second-order valence-corrected chi connectivity index (χ2v) is 9.54. The number of rotatable bonds is 8. The van der Waals surface area contributed by atoms with Gasteiger partial charge in [0.2, 0.25) is 5.91 Å². The van der Waals surface area contributed by atoms with E-state index in [2.05, 4.69) is 6.07 Å². The molecule has 32 heavy (non-hydrogen) atoms. The molecule has 2 heterocycles. The number of aldehydes is 1. The average molecular weight is 455 g/mol. The highest BCUT2D eigenvalue weighted by molar-refractivity contribution is 7.18. The maximum atomic E-state index is 13.2. The molecule has 0 bridgehead atoms. The third kappa shape index (κ3) is 4.46. The fourth-order valence-electron chi connectivity index (χ4n) is 3.92. The van der Waals surface area contributed by atoms with Crippen LogP contribution >= 0.6 is 11.3 Å². The minimum absolute atomic E-state index is 0.165. The Morgan fingerprint density at radius 3 is 2.84 bits per heavy atom. The third-order valence-electron chi connectivity index (χ3n) is 5.83. The van der Waals surface area contributed by atoms with Crippen molar-refractivity contribution in [3.63, 3.8) is 0 Å². The molecule has 168 valence electrons. The Morgan fingerprint density at radius 1 is 1.41 bits per heavy atom. The Labute approximate surface area is 190 Å². The summed E-state index contributed by atoms with van der Waals surface area (Å²) in [6.07, 6.45) is 4.25. The number of hydrogen-bond acceptors (Lipinski definition) is 7. The summed E-state index contributed by atoms with van der Waals surface area (Å²) >= 11 is 1.59. The van der Waals surface area contributed by atoms with E-state index in [1.54, 1.807) is 24.5 Å². The number of benzene rings is 1. The number of carbonyl (C=O) groups excluding carboxylic acids is 3. The summed E-state index contributed by atoms with van der Waals surface area (Å²) in [7, 11) is 1.56. The third-order valence-corrected chi connectivity index (χ3v) is 6.99. The number of nitrogens with zero attached hydrogens (tertiary/aromatic N) is 4. The van der Waals surface area contributed by atoms with Gasteiger partial charge >= 0.3 is 0 Å². The zero-order valence-electron chi connectivity index (χ0n) is 18.2. The molecule has 4 rings (SSSR count). The van der Waals surface area contributed by atoms with Gasteiger partial charge in [0.15, 0.2) is 0 Å². The van der Waals surface area contributed by atoms with Gasteiger partial charge in [-0.3, -0.25) is 9.59 Å². The molecule has 1 aromatic heterocycles. The zero-order valence-corrected chi connectivity index (χ0v) is 19.1. The molecule has 1 aromatic carbocycles. The second kappa shape index (κ2) is 9.25. The van der Waals surface area contributed by atoms with E-state index in [9.17, 15) is 19.6 Å². The minimum atomic E-state index is -0.635. The molecule has 1 aliphatic carbocycles. The van der Waals surface area contributed by atoms with E-state index < -0.39 is 6.04 Å². The maximum Gasteiger partial charge on any atom is 0.254 e. The van der Waals surface area contributed by atoms with Crippen molar-refractivity contribution < 1.29 is 19.1 Å². The summed E-state index contributed by atoms with van der Waals surface area (Å²) in [5.41, 5.74) is 1.23. The molecule has 8 nitrogen and oxygen atoms in total. The van der Waals surface area contributed by atoms with Gasteiger partial charge in [-0.25, -0.2) is 4.98 Å². The fourth-order valence-corrected chi connectivity index (χ4v) is 5.11. The Kier molecular flexibility index (Phi) is 6.42. The topological polar surface area (TPSA) is 104 Å². The van der Waals surface area contributed by atoms with Gasteiger partial charge in [0.25, 0.3) is 5.91 Å². The van der Waals surface area contributed by atoms with Gasteiger partial charge in [-0.15, -0.1) is 11.3 Å². The van der Waals surface area contributed by atoms with Crippen LogP contribution < -0.4 is 4.74 Å². The van der Waals surface area contributed by atoms with Crippen LogP contribution in [0.3, 0.4) is 0 Å². The molecule has 9 heteroatoms. The number of likely N-dealkylation sites (N-methyl/N-ethyl adjacent to an activating group) is 1. The van der Waals surface area contributed by atoms with E-state index in [0.29, 0.717) is 30.3 Å². The van der Waals surface area contributed by atoms with Gasteiger partial charge < -0.3 is 19.3 Å². The molecule has 0 spiro atoms. The summed E-state index contributed by atoms with van der Waals surface area (Å²) in [5.74, 6) is 0.122. The lowest BCUT2D eigenvalue weighted by molar-refractivity contribution is -0.131. The largest absolute Gasteiger partial charge is 0.491 e. The van der Waals surface area contributed by atoms with Gasteiger partial charge in [-0.1, -0.05) is 6.92 Å². The van der Waals surface area contributed by atoms with Gasteiger partial charge in [-0.05, 0) is 37.8 Å². The lowest BCUT2D eigenvalue weighted by Crippen LogP contribution is -2.43. The van der Waals surface area contributed by atoms with Crippen molar-refractivity contribution in [2.75, 3.05) is 26.7 Å². The van der Waals surface area contributed by atoms with E-state index in [1.807, 2.05) is 13.0 Å². The highest BCUT2D eigenvalue weighted by atomic mass is 32.1. The monoisotopic (exact) mass is 454 g/mol. The van der Waals surface area contributed by atoms with E-state index in [1.165, 1.54) is 9.80 Å². The van der Waals surface area contributed by atoms with Crippen molar-refractivity contribution in [3.05, 3.63) is 22.7 Å².